The third-order valence-electron chi connectivity index (χ3n) is 3.15. The smallest absolute Gasteiger partial charge is 0.338 e. The predicted molar refractivity (Wildman–Crippen MR) is 90.0 cm³/mol. The lowest BCUT2D eigenvalue weighted by atomic mass is 10.2. The highest BCUT2D eigenvalue weighted by Crippen LogP contribution is 2.27. The van der Waals surface area contributed by atoms with E-state index < -0.39 is 34.9 Å². The zero-order chi connectivity index (χ0) is 19.3. The number of nitrogens with one attached hydrogen (secondary N) is 1. The maximum atomic E-state index is 13.1. The van der Waals surface area contributed by atoms with E-state index in [1.165, 1.54) is 31.4 Å². The Balaban J connectivity index is 1.99. The molecular weight excluding hydrogens is 371 g/mol. The number of nitro benzene ring substituents is 1. The number of hydrogen-bond donors (Lipinski definition) is 1. The molecule has 1 amide bonds. The number of anilines is 1. The fourth-order valence-corrected chi connectivity index (χ4v) is 2.13. The van der Waals surface area contributed by atoms with Gasteiger partial charge in [-0.25, -0.2) is 9.18 Å². The molecule has 0 atom stereocenters. The van der Waals surface area contributed by atoms with Gasteiger partial charge in [0, 0.05) is 11.8 Å². The van der Waals surface area contributed by atoms with Crippen LogP contribution in [0.15, 0.2) is 36.4 Å². The van der Waals surface area contributed by atoms with E-state index in [0.717, 1.165) is 12.1 Å². The van der Waals surface area contributed by atoms with Crippen LogP contribution in [0.1, 0.15) is 10.4 Å². The number of methoxy groups -OCH3 is 1. The van der Waals surface area contributed by atoms with Crippen molar-refractivity contribution in [1.29, 1.82) is 0 Å². The van der Waals surface area contributed by atoms with Crippen molar-refractivity contribution >= 4 is 34.9 Å². The van der Waals surface area contributed by atoms with Crippen LogP contribution < -0.4 is 10.1 Å². The molecule has 0 fully saturated rings. The maximum Gasteiger partial charge on any atom is 0.338 e. The van der Waals surface area contributed by atoms with Gasteiger partial charge in [0.05, 0.1) is 22.6 Å². The number of carbonyl (C=O) groups is 2. The molecule has 0 saturated carbocycles. The number of rotatable bonds is 6. The van der Waals surface area contributed by atoms with Crippen molar-refractivity contribution in [3.8, 4) is 5.75 Å². The number of amides is 1. The van der Waals surface area contributed by atoms with Crippen LogP contribution in [0.25, 0.3) is 0 Å². The first-order valence-electron chi connectivity index (χ1n) is 7.06. The fourth-order valence-electron chi connectivity index (χ4n) is 1.95. The summed E-state index contributed by atoms with van der Waals surface area (Å²) in [6, 6.07) is 7.05. The number of hydrogen-bond acceptors (Lipinski definition) is 6. The van der Waals surface area contributed by atoms with Crippen molar-refractivity contribution in [2.75, 3.05) is 19.0 Å². The molecule has 0 bridgehead atoms. The number of carbonyl (C=O) groups excluding carboxylic acids is 2. The highest BCUT2D eigenvalue weighted by atomic mass is 35.5. The van der Waals surface area contributed by atoms with Gasteiger partial charge in [0.2, 0.25) is 0 Å². The molecule has 0 spiro atoms. The van der Waals surface area contributed by atoms with Crippen LogP contribution in [0.4, 0.5) is 15.8 Å². The summed E-state index contributed by atoms with van der Waals surface area (Å²) < 4.78 is 22.7. The molecule has 0 aliphatic heterocycles. The second-order valence-electron chi connectivity index (χ2n) is 4.90. The molecule has 2 rings (SSSR count). The molecule has 0 unspecified atom stereocenters. The van der Waals surface area contributed by atoms with Crippen molar-refractivity contribution < 1.29 is 28.4 Å². The summed E-state index contributed by atoms with van der Waals surface area (Å²) in [6.45, 7) is -0.645. The molecule has 10 heteroatoms. The van der Waals surface area contributed by atoms with Crippen molar-refractivity contribution in [2.45, 2.75) is 0 Å². The SMILES string of the molecule is COc1ccc(C(=O)OCC(=O)Nc2ccc(F)c(Cl)c2)cc1[N+](=O)[O-]. The molecule has 0 heterocycles. The lowest BCUT2D eigenvalue weighted by Crippen LogP contribution is -2.21. The standard InChI is InChI=1S/C16H12ClFN2O6/c1-25-14-5-2-9(6-13(14)20(23)24)16(22)26-8-15(21)19-10-3-4-12(18)11(17)7-10/h2-7H,8H2,1H3,(H,19,21). The normalized spacial score (nSPS) is 10.1. The minimum absolute atomic E-state index is 0.0162. The molecule has 0 radical (unpaired) electrons. The van der Waals surface area contributed by atoms with Crippen molar-refractivity contribution in [1.82, 2.24) is 0 Å². The van der Waals surface area contributed by atoms with Gasteiger partial charge in [0.1, 0.15) is 5.82 Å². The summed E-state index contributed by atoms with van der Waals surface area (Å²) in [5.41, 5.74) is -0.306. The van der Waals surface area contributed by atoms with E-state index >= 15 is 0 Å². The predicted octanol–water partition coefficient (Wildman–Crippen LogP) is 3.19. The van der Waals surface area contributed by atoms with Gasteiger partial charge in [-0.2, -0.15) is 0 Å². The van der Waals surface area contributed by atoms with Crippen LogP contribution >= 0.6 is 11.6 Å². The van der Waals surface area contributed by atoms with E-state index in [2.05, 4.69) is 5.32 Å². The molecule has 136 valence electrons. The summed E-state index contributed by atoms with van der Waals surface area (Å²) >= 11 is 5.59. The van der Waals surface area contributed by atoms with Gasteiger partial charge in [-0.1, -0.05) is 11.6 Å². The third-order valence-corrected chi connectivity index (χ3v) is 3.44. The fraction of sp³-hybridized carbons (Fsp3) is 0.125. The first-order chi connectivity index (χ1) is 12.3. The van der Waals surface area contributed by atoms with Gasteiger partial charge in [0.25, 0.3) is 5.91 Å². The van der Waals surface area contributed by atoms with Crippen LogP contribution in [0, 0.1) is 15.9 Å². The Morgan fingerprint density at radius 1 is 1.27 bits per heavy atom. The van der Waals surface area contributed by atoms with Gasteiger partial charge < -0.3 is 14.8 Å². The Hall–Kier alpha value is -3.20. The third kappa shape index (κ3) is 4.67. The second-order valence-corrected chi connectivity index (χ2v) is 5.30. The van der Waals surface area contributed by atoms with E-state index in [0.29, 0.717) is 0 Å². The van der Waals surface area contributed by atoms with Crippen molar-refractivity contribution in [2.24, 2.45) is 0 Å². The van der Waals surface area contributed by atoms with Gasteiger partial charge in [-0.15, -0.1) is 0 Å². The molecule has 1 N–H and O–H groups in total. The van der Waals surface area contributed by atoms with Crippen LogP contribution in [0.3, 0.4) is 0 Å². The number of halogens is 2. The zero-order valence-corrected chi connectivity index (χ0v) is 14.1. The van der Waals surface area contributed by atoms with Gasteiger partial charge >= 0.3 is 11.7 Å². The van der Waals surface area contributed by atoms with Gasteiger partial charge in [-0.05, 0) is 30.3 Å². The number of nitro groups is 1. The summed E-state index contributed by atoms with van der Waals surface area (Å²) in [5.74, 6) is -2.28. The number of nitrogens with zero attached hydrogens (tertiary/aromatic N) is 1. The Bertz CT molecular complexity index is 874. The summed E-state index contributed by atoms with van der Waals surface area (Å²) in [6.07, 6.45) is 0. The van der Waals surface area contributed by atoms with E-state index in [9.17, 15) is 24.1 Å². The number of benzene rings is 2. The van der Waals surface area contributed by atoms with Crippen LogP contribution in [-0.4, -0.2) is 30.5 Å². The molecule has 2 aromatic carbocycles. The minimum atomic E-state index is -0.928. The first-order valence-corrected chi connectivity index (χ1v) is 7.44. The Morgan fingerprint density at radius 3 is 2.62 bits per heavy atom. The highest BCUT2D eigenvalue weighted by molar-refractivity contribution is 6.31. The summed E-state index contributed by atoms with van der Waals surface area (Å²) in [7, 11) is 1.26. The molecule has 0 aliphatic carbocycles. The largest absolute Gasteiger partial charge is 0.490 e. The van der Waals surface area contributed by atoms with E-state index in [4.69, 9.17) is 21.1 Å². The maximum absolute atomic E-state index is 13.1. The first kappa shape index (κ1) is 19.1. The average Bonchev–Trinajstić information content (AvgIpc) is 2.62. The zero-order valence-electron chi connectivity index (χ0n) is 13.3. The van der Waals surface area contributed by atoms with Gasteiger partial charge in [-0.3, -0.25) is 14.9 Å². The molecular formula is C16H12ClFN2O6. The van der Waals surface area contributed by atoms with Crippen molar-refractivity contribution in [3.05, 3.63) is 62.9 Å². The summed E-state index contributed by atoms with van der Waals surface area (Å²) in [5, 5.41) is 13.1. The van der Waals surface area contributed by atoms with E-state index in [-0.39, 0.29) is 22.0 Å². The Kier molecular flexibility index (Phi) is 6.07. The molecule has 0 aliphatic rings. The van der Waals surface area contributed by atoms with E-state index in [1.807, 2.05) is 0 Å². The monoisotopic (exact) mass is 382 g/mol. The molecule has 0 aromatic heterocycles. The Labute approximate surface area is 151 Å². The van der Waals surface area contributed by atoms with Crippen LogP contribution in [0.5, 0.6) is 5.75 Å². The number of esters is 1. The highest BCUT2D eigenvalue weighted by Gasteiger charge is 2.19. The molecule has 8 nitrogen and oxygen atoms in total. The van der Waals surface area contributed by atoms with E-state index in [1.54, 1.807) is 0 Å². The van der Waals surface area contributed by atoms with Crippen LogP contribution in [0.2, 0.25) is 5.02 Å². The minimum Gasteiger partial charge on any atom is -0.490 e. The Morgan fingerprint density at radius 2 is 2.00 bits per heavy atom. The lowest BCUT2D eigenvalue weighted by molar-refractivity contribution is -0.385. The van der Waals surface area contributed by atoms with Crippen LogP contribution in [-0.2, 0) is 9.53 Å². The lowest BCUT2D eigenvalue weighted by Gasteiger charge is -2.08. The van der Waals surface area contributed by atoms with Gasteiger partial charge in [0.15, 0.2) is 12.4 Å². The average molecular weight is 383 g/mol. The topological polar surface area (TPSA) is 108 Å². The molecule has 0 saturated heterocycles. The summed E-state index contributed by atoms with van der Waals surface area (Å²) in [4.78, 5) is 33.9. The van der Waals surface area contributed by atoms with Crippen molar-refractivity contribution in [3.63, 3.8) is 0 Å². The molecule has 26 heavy (non-hydrogen) atoms. The molecule has 2 aromatic rings. The number of ether oxygens (including phenoxy) is 2. The second kappa shape index (κ2) is 8.26. The quantitative estimate of drug-likeness (QED) is 0.467.